The minimum Gasteiger partial charge on any atom is -0.508 e. The van der Waals surface area contributed by atoms with Gasteiger partial charge in [-0.1, -0.05) is 19.9 Å². The number of hydrogen-bond donors (Lipinski definition) is 2. The number of rotatable bonds is 7. The molecule has 3 aliphatic rings. The van der Waals surface area contributed by atoms with Gasteiger partial charge in [-0.15, -0.1) is 0 Å². The average molecular weight is 589 g/mol. The van der Waals surface area contributed by atoms with Gasteiger partial charge in [0.1, 0.15) is 35.2 Å². The summed E-state index contributed by atoms with van der Waals surface area (Å²) in [6.07, 6.45) is 7.09. The highest BCUT2D eigenvalue weighted by atomic mass is 19.1. The van der Waals surface area contributed by atoms with E-state index >= 15 is 4.39 Å². The Labute approximate surface area is 249 Å². The van der Waals surface area contributed by atoms with Gasteiger partial charge < -0.3 is 20.5 Å². The molecule has 43 heavy (non-hydrogen) atoms. The molecule has 3 N–H and O–H groups in total. The van der Waals surface area contributed by atoms with Crippen molar-refractivity contribution in [3.63, 3.8) is 0 Å². The van der Waals surface area contributed by atoms with E-state index < -0.39 is 5.82 Å². The molecular weight excluding hydrogens is 550 g/mol. The molecule has 0 amide bonds. The molecule has 2 aromatic carbocycles. The fourth-order valence-electron chi connectivity index (χ4n) is 7.91. The van der Waals surface area contributed by atoms with Crippen LogP contribution in [-0.2, 0) is 6.42 Å². The lowest BCUT2D eigenvalue weighted by atomic mass is 9.92. The van der Waals surface area contributed by atoms with Crippen LogP contribution < -0.4 is 15.4 Å². The maximum atomic E-state index is 16.7. The van der Waals surface area contributed by atoms with Gasteiger partial charge in [0.15, 0.2) is 5.82 Å². The molecule has 5 heterocycles. The molecule has 0 aliphatic carbocycles. The molecule has 10 heteroatoms. The third-order valence-corrected chi connectivity index (χ3v) is 9.80. The summed E-state index contributed by atoms with van der Waals surface area (Å²) in [5.41, 5.74) is 6.91. The van der Waals surface area contributed by atoms with E-state index in [-0.39, 0.29) is 40.4 Å². The third-order valence-electron chi connectivity index (χ3n) is 9.80. The molecule has 3 fully saturated rings. The highest BCUT2D eigenvalue weighted by Gasteiger charge is 2.47. The van der Waals surface area contributed by atoms with Crippen LogP contribution in [0.4, 0.5) is 14.6 Å². The van der Waals surface area contributed by atoms with E-state index in [0.29, 0.717) is 58.6 Å². The maximum absolute atomic E-state index is 16.7. The Bertz CT molecular complexity index is 1720. The number of nitrogens with two attached hydrogens (primary N) is 1. The number of fused-ring (bicyclic) bond motifs is 3. The highest BCUT2D eigenvalue weighted by molar-refractivity contribution is 6.01. The monoisotopic (exact) mass is 588 g/mol. The van der Waals surface area contributed by atoms with E-state index in [0.717, 1.165) is 51.7 Å². The van der Waals surface area contributed by atoms with Gasteiger partial charge in [0.25, 0.3) is 0 Å². The van der Waals surface area contributed by atoms with Gasteiger partial charge >= 0.3 is 6.01 Å². The number of aryl methyl sites for hydroxylation is 1. The average Bonchev–Trinajstić information content (AvgIpc) is 3.70. The zero-order chi connectivity index (χ0) is 29.9. The van der Waals surface area contributed by atoms with E-state index in [4.69, 9.17) is 15.5 Å². The second-order valence-corrected chi connectivity index (χ2v) is 12.6. The fraction of sp³-hybridized carbons (Fsp3) is 0.485. The molecule has 0 unspecified atom stereocenters. The molecule has 3 saturated heterocycles. The lowest BCUT2D eigenvalue weighted by molar-refractivity contribution is 0.107. The number of aromatic nitrogens is 3. The number of phenolic OH excluding ortho intramolecular Hbond substituents is 1. The van der Waals surface area contributed by atoms with Crippen LogP contribution in [0.5, 0.6) is 11.8 Å². The van der Waals surface area contributed by atoms with Crippen LogP contribution >= 0.6 is 0 Å². The molecule has 3 atom stereocenters. The molecular formula is C33H38F2N6O2. The molecule has 3 aliphatic heterocycles. The van der Waals surface area contributed by atoms with Crippen molar-refractivity contribution in [1.29, 1.82) is 0 Å². The van der Waals surface area contributed by atoms with Crippen molar-refractivity contribution in [3.8, 4) is 23.0 Å². The zero-order valence-electron chi connectivity index (χ0n) is 24.7. The summed E-state index contributed by atoms with van der Waals surface area (Å²) >= 11 is 0. The summed E-state index contributed by atoms with van der Waals surface area (Å²) in [5, 5.41) is 12.2. The van der Waals surface area contributed by atoms with Crippen LogP contribution in [0.3, 0.4) is 0 Å². The number of phenols is 1. The van der Waals surface area contributed by atoms with Crippen LogP contribution in [0.2, 0.25) is 0 Å². The lowest BCUT2D eigenvalue weighted by Crippen LogP contribution is -2.43. The first-order valence-electron chi connectivity index (χ1n) is 15.5. The van der Waals surface area contributed by atoms with Crippen LogP contribution in [0.25, 0.3) is 32.9 Å². The van der Waals surface area contributed by atoms with Gasteiger partial charge in [0, 0.05) is 37.4 Å². The first kappa shape index (κ1) is 28.2. The van der Waals surface area contributed by atoms with Gasteiger partial charge in [-0.3, -0.25) is 9.88 Å². The Morgan fingerprint density at radius 3 is 2.84 bits per heavy atom. The Morgan fingerprint density at radius 1 is 1.16 bits per heavy atom. The number of benzene rings is 2. The van der Waals surface area contributed by atoms with E-state index in [2.05, 4.69) is 26.7 Å². The fourth-order valence-corrected chi connectivity index (χ4v) is 7.91. The number of pyridine rings is 1. The molecule has 2 aromatic heterocycles. The van der Waals surface area contributed by atoms with Gasteiger partial charge in [-0.2, -0.15) is 9.97 Å². The molecule has 7 rings (SSSR count). The molecule has 0 saturated carbocycles. The molecule has 4 aromatic rings. The summed E-state index contributed by atoms with van der Waals surface area (Å²) in [4.78, 5) is 18.7. The van der Waals surface area contributed by atoms with Gasteiger partial charge in [-0.25, -0.2) is 8.78 Å². The van der Waals surface area contributed by atoms with E-state index in [1.54, 1.807) is 18.3 Å². The third kappa shape index (κ3) is 4.66. The normalized spacial score (nSPS) is 24.0. The number of nitrogens with zero attached hydrogens (tertiary/aromatic N) is 5. The van der Waals surface area contributed by atoms with Crippen molar-refractivity contribution in [3.05, 3.63) is 47.7 Å². The van der Waals surface area contributed by atoms with E-state index in [1.807, 2.05) is 6.92 Å². The Hall–Kier alpha value is -3.63. The Balaban J connectivity index is 1.39. The van der Waals surface area contributed by atoms with Crippen molar-refractivity contribution in [2.45, 2.75) is 64.0 Å². The summed E-state index contributed by atoms with van der Waals surface area (Å²) < 4.78 is 38.0. The number of ether oxygens (including phenoxy) is 1. The summed E-state index contributed by atoms with van der Waals surface area (Å²) in [5.74, 6) is 0.0500. The number of hydrogen-bond acceptors (Lipinski definition) is 8. The maximum Gasteiger partial charge on any atom is 0.319 e. The molecule has 226 valence electrons. The Morgan fingerprint density at radius 2 is 2.02 bits per heavy atom. The zero-order valence-corrected chi connectivity index (χ0v) is 24.7. The van der Waals surface area contributed by atoms with Gasteiger partial charge in [-0.05, 0) is 85.5 Å². The van der Waals surface area contributed by atoms with E-state index in [9.17, 15) is 9.50 Å². The predicted molar refractivity (Wildman–Crippen MR) is 163 cm³/mol. The van der Waals surface area contributed by atoms with Crippen LogP contribution in [0.1, 0.15) is 51.5 Å². The van der Waals surface area contributed by atoms with Crippen LogP contribution in [0.15, 0.2) is 30.5 Å². The minimum atomic E-state index is -0.664. The van der Waals surface area contributed by atoms with Crippen molar-refractivity contribution < 1.29 is 18.6 Å². The van der Waals surface area contributed by atoms with Crippen LogP contribution in [-0.4, -0.2) is 69.3 Å². The summed E-state index contributed by atoms with van der Waals surface area (Å²) in [7, 11) is 0. The molecule has 8 nitrogen and oxygen atoms in total. The SMILES string of the molecule is CCc1c(F)ccc2cc(O)cc(-c3ncc4c(N5CCC[C@H]5CN)nc(OC[C@@]56CCCN5C[C@H](C)C6)nc4c3F)c12. The predicted octanol–water partition coefficient (Wildman–Crippen LogP) is 5.57. The molecule has 0 spiro atoms. The summed E-state index contributed by atoms with van der Waals surface area (Å²) in [6.45, 7) is 7.87. The van der Waals surface area contributed by atoms with E-state index in [1.165, 1.54) is 12.1 Å². The van der Waals surface area contributed by atoms with Crippen molar-refractivity contribution in [2.24, 2.45) is 11.7 Å². The second kappa shape index (κ2) is 10.8. The largest absolute Gasteiger partial charge is 0.508 e. The van der Waals surface area contributed by atoms with Gasteiger partial charge in [0.2, 0.25) is 0 Å². The summed E-state index contributed by atoms with van der Waals surface area (Å²) in [6, 6.07) is 6.16. The lowest BCUT2D eigenvalue weighted by Gasteiger charge is -2.31. The number of halogens is 2. The van der Waals surface area contributed by atoms with Gasteiger partial charge in [0.05, 0.1) is 10.9 Å². The topological polar surface area (TPSA) is 101 Å². The minimum absolute atomic E-state index is 0.00808. The molecule has 0 bridgehead atoms. The molecule has 0 radical (unpaired) electrons. The van der Waals surface area contributed by atoms with Crippen molar-refractivity contribution in [1.82, 2.24) is 19.9 Å². The van der Waals surface area contributed by atoms with Crippen molar-refractivity contribution in [2.75, 3.05) is 37.7 Å². The number of aromatic hydroxyl groups is 1. The number of anilines is 1. The quantitative estimate of drug-likeness (QED) is 0.289. The first-order chi connectivity index (χ1) is 20.8. The Kier molecular flexibility index (Phi) is 7.09. The van der Waals surface area contributed by atoms with Crippen molar-refractivity contribution >= 4 is 27.5 Å². The highest BCUT2D eigenvalue weighted by Crippen LogP contribution is 2.43. The van der Waals surface area contributed by atoms with Crippen LogP contribution in [0, 0.1) is 17.6 Å². The smallest absolute Gasteiger partial charge is 0.319 e. The standard InChI is InChI=1S/C33H38F2N6O2/c1-3-23-26(34)8-7-20-12-22(42)13-24(27(20)23)29-28(35)30-25(16-37-29)31(41-11-4-6-21(41)15-36)39-32(38-30)43-18-33-9-5-10-40(33)17-19(2)14-33/h7-8,12-13,16,19,21,42H,3-6,9-11,14-15,17-18,36H2,1-2H3/t19-,21+,33+/m1/s1. The first-order valence-corrected chi connectivity index (χ1v) is 15.5. The second-order valence-electron chi connectivity index (χ2n) is 12.6.